The van der Waals surface area contributed by atoms with Gasteiger partial charge in [0.05, 0.1) is 5.60 Å². The third-order valence-electron chi connectivity index (χ3n) is 4.41. The minimum Gasteiger partial charge on any atom is -0.390 e. The Hall–Kier alpha value is -1.34. The number of likely N-dealkylation sites (tertiary alicyclic amines) is 1. The SMILES string of the molecule is CC1(O)CCN(C(=O)c2sc(NC3CCC3)nc2N)CC1. The molecule has 6 nitrogen and oxygen atoms in total. The zero-order chi connectivity index (χ0) is 15.0. The molecule has 1 aromatic rings. The van der Waals surface area contributed by atoms with Gasteiger partial charge in [0, 0.05) is 19.1 Å². The number of piperidine rings is 1. The lowest BCUT2D eigenvalue weighted by molar-refractivity contribution is -0.00185. The first-order valence-corrected chi connectivity index (χ1v) is 8.31. The van der Waals surface area contributed by atoms with Gasteiger partial charge in [-0.15, -0.1) is 0 Å². The van der Waals surface area contributed by atoms with Crippen molar-refractivity contribution in [1.82, 2.24) is 9.88 Å². The summed E-state index contributed by atoms with van der Waals surface area (Å²) in [6.45, 7) is 2.94. The molecule has 1 amide bonds. The molecule has 2 fully saturated rings. The van der Waals surface area contributed by atoms with Crippen LogP contribution in [0.15, 0.2) is 0 Å². The van der Waals surface area contributed by atoms with Gasteiger partial charge in [-0.3, -0.25) is 4.79 Å². The molecule has 2 heterocycles. The summed E-state index contributed by atoms with van der Waals surface area (Å²) in [5, 5.41) is 14.0. The van der Waals surface area contributed by atoms with Crippen LogP contribution >= 0.6 is 11.3 Å². The Balaban J connectivity index is 1.66. The molecule has 116 valence electrons. The lowest BCUT2D eigenvalue weighted by atomic mass is 9.93. The molecule has 2 aliphatic rings. The smallest absolute Gasteiger partial charge is 0.267 e. The second-order valence-electron chi connectivity index (χ2n) is 6.29. The maximum absolute atomic E-state index is 12.5. The molecule has 1 aliphatic carbocycles. The number of hydrogen-bond acceptors (Lipinski definition) is 6. The van der Waals surface area contributed by atoms with Crippen LogP contribution in [0.3, 0.4) is 0 Å². The molecule has 0 unspecified atom stereocenters. The van der Waals surface area contributed by atoms with Crippen LogP contribution in [-0.2, 0) is 0 Å². The molecule has 1 aliphatic heterocycles. The lowest BCUT2D eigenvalue weighted by Crippen LogP contribution is -2.45. The van der Waals surface area contributed by atoms with Crippen LogP contribution in [-0.4, -0.2) is 45.6 Å². The van der Waals surface area contributed by atoms with Gasteiger partial charge in [0.1, 0.15) is 10.7 Å². The maximum atomic E-state index is 12.5. The van der Waals surface area contributed by atoms with Crippen molar-refractivity contribution in [3.05, 3.63) is 4.88 Å². The third-order valence-corrected chi connectivity index (χ3v) is 5.40. The third kappa shape index (κ3) is 3.13. The Bertz CT molecular complexity index is 529. The highest BCUT2D eigenvalue weighted by Crippen LogP contribution is 2.31. The van der Waals surface area contributed by atoms with Crippen molar-refractivity contribution in [1.29, 1.82) is 0 Å². The number of aromatic nitrogens is 1. The normalized spacial score (nSPS) is 21.9. The van der Waals surface area contributed by atoms with Crippen molar-refractivity contribution in [2.45, 2.75) is 50.7 Å². The first kappa shape index (κ1) is 14.6. The molecule has 21 heavy (non-hydrogen) atoms. The van der Waals surface area contributed by atoms with Crippen LogP contribution in [0.4, 0.5) is 10.9 Å². The topological polar surface area (TPSA) is 91.5 Å². The van der Waals surface area contributed by atoms with Crippen molar-refractivity contribution in [2.75, 3.05) is 24.1 Å². The highest BCUT2D eigenvalue weighted by Gasteiger charge is 2.32. The van der Waals surface area contributed by atoms with E-state index in [1.165, 1.54) is 17.8 Å². The Morgan fingerprint density at radius 2 is 2.14 bits per heavy atom. The summed E-state index contributed by atoms with van der Waals surface area (Å²) in [5.41, 5.74) is 5.24. The molecule has 0 spiro atoms. The van der Waals surface area contributed by atoms with E-state index < -0.39 is 5.60 Å². The number of rotatable bonds is 3. The van der Waals surface area contributed by atoms with Gasteiger partial charge in [0.25, 0.3) is 5.91 Å². The fourth-order valence-electron chi connectivity index (χ4n) is 2.61. The summed E-state index contributed by atoms with van der Waals surface area (Å²) >= 11 is 1.34. The number of nitrogen functional groups attached to an aromatic ring is 1. The monoisotopic (exact) mass is 310 g/mol. The number of nitrogens with two attached hydrogens (primary N) is 1. The molecule has 1 saturated carbocycles. The lowest BCUT2D eigenvalue weighted by Gasteiger charge is -2.35. The summed E-state index contributed by atoms with van der Waals surface area (Å²) < 4.78 is 0. The Morgan fingerprint density at radius 3 is 2.71 bits per heavy atom. The molecule has 7 heteroatoms. The van der Waals surface area contributed by atoms with Crippen molar-refractivity contribution in [3.8, 4) is 0 Å². The van der Waals surface area contributed by atoms with E-state index in [4.69, 9.17) is 5.73 Å². The van der Waals surface area contributed by atoms with E-state index in [9.17, 15) is 9.90 Å². The van der Waals surface area contributed by atoms with E-state index in [0.717, 1.165) is 18.0 Å². The first-order valence-electron chi connectivity index (χ1n) is 7.49. The highest BCUT2D eigenvalue weighted by atomic mass is 32.1. The molecular weight excluding hydrogens is 288 g/mol. The average Bonchev–Trinajstić information content (AvgIpc) is 2.74. The molecule has 3 rings (SSSR count). The predicted octanol–water partition coefficient (Wildman–Crippen LogP) is 1.68. The van der Waals surface area contributed by atoms with Crippen LogP contribution in [0.5, 0.6) is 0 Å². The summed E-state index contributed by atoms with van der Waals surface area (Å²) in [6.07, 6.45) is 4.77. The van der Waals surface area contributed by atoms with E-state index in [0.29, 0.717) is 42.7 Å². The van der Waals surface area contributed by atoms with Gasteiger partial charge < -0.3 is 21.1 Å². The fourth-order valence-corrected chi connectivity index (χ4v) is 3.54. The van der Waals surface area contributed by atoms with Gasteiger partial charge >= 0.3 is 0 Å². The Labute approximate surface area is 128 Å². The second kappa shape index (κ2) is 5.46. The molecular formula is C14H22N4O2S. The molecule has 1 saturated heterocycles. The number of nitrogens with one attached hydrogen (secondary N) is 1. The van der Waals surface area contributed by atoms with Gasteiger partial charge in [-0.05, 0) is 39.0 Å². The van der Waals surface area contributed by atoms with Crippen LogP contribution in [0.1, 0.15) is 48.7 Å². The quantitative estimate of drug-likeness (QED) is 0.790. The van der Waals surface area contributed by atoms with Crippen molar-refractivity contribution >= 4 is 28.2 Å². The Morgan fingerprint density at radius 1 is 1.48 bits per heavy atom. The van der Waals surface area contributed by atoms with Crippen LogP contribution in [0.2, 0.25) is 0 Å². The zero-order valence-electron chi connectivity index (χ0n) is 12.3. The van der Waals surface area contributed by atoms with Crippen LogP contribution < -0.4 is 11.1 Å². The van der Waals surface area contributed by atoms with E-state index in [2.05, 4.69) is 10.3 Å². The number of anilines is 2. The summed E-state index contributed by atoms with van der Waals surface area (Å²) in [4.78, 5) is 19.1. The van der Waals surface area contributed by atoms with E-state index in [1.807, 2.05) is 6.92 Å². The van der Waals surface area contributed by atoms with Gasteiger partial charge in [0.15, 0.2) is 5.13 Å². The first-order chi connectivity index (χ1) is 9.94. The molecule has 0 bridgehead atoms. The number of nitrogens with zero attached hydrogens (tertiary/aromatic N) is 2. The predicted molar refractivity (Wildman–Crippen MR) is 83.5 cm³/mol. The molecule has 0 atom stereocenters. The zero-order valence-corrected chi connectivity index (χ0v) is 13.1. The summed E-state index contributed by atoms with van der Waals surface area (Å²) in [6, 6.07) is 0.476. The van der Waals surface area contributed by atoms with E-state index in [-0.39, 0.29) is 5.91 Å². The molecule has 4 N–H and O–H groups in total. The van der Waals surface area contributed by atoms with Crippen molar-refractivity contribution in [2.24, 2.45) is 0 Å². The minimum atomic E-state index is -0.660. The second-order valence-corrected chi connectivity index (χ2v) is 7.29. The molecule has 1 aromatic heterocycles. The van der Waals surface area contributed by atoms with Crippen molar-refractivity contribution in [3.63, 3.8) is 0 Å². The highest BCUT2D eigenvalue weighted by molar-refractivity contribution is 7.18. The summed E-state index contributed by atoms with van der Waals surface area (Å²) in [5.74, 6) is 0.242. The number of carbonyl (C=O) groups excluding carboxylic acids is 1. The minimum absolute atomic E-state index is 0.0674. The van der Waals surface area contributed by atoms with Crippen LogP contribution in [0, 0.1) is 0 Å². The summed E-state index contributed by atoms with van der Waals surface area (Å²) in [7, 11) is 0. The number of carbonyl (C=O) groups is 1. The molecule has 0 radical (unpaired) electrons. The standard InChI is InChI=1S/C14H22N4O2S/c1-14(20)5-7-18(8-6-14)12(19)10-11(15)17-13(21-10)16-9-3-2-4-9/h9,20H,2-8,15H2,1H3,(H,16,17). The van der Waals surface area contributed by atoms with Gasteiger partial charge in [-0.2, -0.15) is 0 Å². The maximum Gasteiger partial charge on any atom is 0.267 e. The Kier molecular flexibility index (Phi) is 3.79. The number of hydrogen-bond donors (Lipinski definition) is 3. The van der Waals surface area contributed by atoms with Gasteiger partial charge in [-0.25, -0.2) is 4.98 Å². The van der Waals surface area contributed by atoms with E-state index in [1.54, 1.807) is 4.90 Å². The average molecular weight is 310 g/mol. The number of aliphatic hydroxyl groups is 1. The number of amides is 1. The van der Waals surface area contributed by atoms with Gasteiger partial charge in [-0.1, -0.05) is 11.3 Å². The largest absolute Gasteiger partial charge is 0.390 e. The molecule has 0 aromatic carbocycles. The fraction of sp³-hybridized carbons (Fsp3) is 0.714. The van der Waals surface area contributed by atoms with Crippen molar-refractivity contribution < 1.29 is 9.90 Å². The van der Waals surface area contributed by atoms with Crippen LogP contribution in [0.25, 0.3) is 0 Å². The van der Waals surface area contributed by atoms with E-state index >= 15 is 0 Å². The number of thiazole rings is 1. The van der Waals surface area contributed by atoms with Gasteiger partial charge in [0.2, 0.25) is 0 Å².